The first-order valence-electron chi connectivity index (χ1n) is 7.34. The Kier molecular flexibility index (Phi) is 6.70. The number of methoxy groups -OCH3 is 1. The molecule has 1 amide bonds. The van der Waals surface area contributed by atoms with Crippen LogP contribution in [-0.4, -0.2) is 45.2 Å². The van der Waals surface area contributed by atoms with E-state index < -0.39 is 45.6 Å². The predicted octanol–water partition coefficient (Wildman–Crippen LogP) is 2.83. The fourth-order valence-electron chi connectivity index (χ4n) is 1.63. The number of amides is 1. The first-order chi connectivity index (χ1) is 12.2. The molecule has 0 aliphatic carbocycles. The molecule has 12 heteroatoms. The Morgan fingerprint density at radius 1 is 1.07 bits per heavy atom. The standard InChI is InChI=1S/C15H18F3NO7S/c1-14(2,3)25-13(21)19(9-12(20)24-4)10-5-7-11(8-6-10)26-27(22,23)15(16,17)18/h5-8H,9H2,1-4H3. The molecule has 152 valence electrons. The molecule has 0 saturated carbocycles. The van der Waals surface area contributed by atoms with Gasteiger partial charge in [0.1, 0.15) is 17.9 Å². The van der Waals surface area contributed by atoms with Crippen LogP contribution < -0.4 is 9.08 Å². The molecule has 27 heavy (non-hydrogen) atoms. The van der Waals surface area contributed by atoms with Gasteiger partial charge >= 0.3 is 27.7 Å². The van der Waals surface area contributed by atoms with Crippen molar-refractivity contribution in [2.75, 3.05) is 18.6 Å². The summed E-state index contributed by atoms with van der Waals surface area (Å²) < 4.78 is 72.6. The molecule has 1 aromatic rings. The maximum absolute atomic E-state index is 12.3. The molecule has 0 radical (unpaired) electrons. The summed E-state index contributed by atoms with van der Waals surface area (Å²) in [7, 11) is -4.72. The highest BCUT2D eigenvalue weighted by Gasteiger charge is 2.48. The van der Waals surface area contributed by atoms with Crippen LogP contribution in [0, 0.1) is 0 Å². The van der Waals surface area contributed by atoms with Crippen LogP contribution in [-0.2, 0) is 24.4 Å². The summed E-state index contributed by atoms with van der Waals surface area (Å²) in [5.41, 5.74) is -6.42. The summed E-state index contributed by atoms with van der Waals surface area (Å²) in [5.74, 6) is -1.40. The molecular formula is C15H18F3NO7S. The summed E-state index contributed by atoms with van der Waals surface area (Å²) >= 11 is 0. The lowest BCUT2D eigenvalue weighted by Gasteiger charge is -2.26. The Bertz CT molecular complexity index is 783. The molecule has 0 aromatic heterocycles. The molecular weight excluding hydrogens is 395 g/mol. The summed E-state index contributed by atoms with van der Waals surface area (Å²) in [4.78, 5) is 24.7. The second kappa shape index (κ2) is 8.03. The highest BCUT2D eigenvalue weighted by Crippen LogP contribution is 2.28. The van der Waals surface area contributed by atoms with Crippen LogP contribution >= 0.6 is 0 Å². The molecule has 0 atom stereocenters. The van der Waals surface area contributed by atoms with E-state index in [0.29, 0.717) is 0 Å². The Morgan fingerprint density at radius 2 is 1.59 bits per heavy atom. The van der Waals surface area contributed by atoms with E-state index in [1.165, 1.54) is 0 Å². The van der Waals surface area contributed by atoms with Crippen LogP contribution in [0.3, 0.4) is 0 Å². The van der Waals surface area contributed by atoms with E-state index in [2.05, 4.69) is 8.92 Å². The zero-order valence-corrected chi connectivity index (χ0v) is 15.7. The van der Waals surface area contributed by atoms with Gasteiger partial charge in [-0.1, -0.05) is 0 Å². The van der Waals surface area contributed by atoms with Crippen molar-refractivity contribution in [3.63, 3.8) is 0 Å². The van der Waals surface area contributed by atoms with Gasteiger partial charge in [-0.05, 0) is 45.0 Å². The van der Waals surface area contributed by atoms with Gasteiger partial charge in [-0.15, -0.1) is 0 Å². The average Bonchev–Trinajstić information content (AvgIpc) is 2.50. The number of hydrogen-bond donors (Lipinski definition) is 0. The van der Waals surface area contributed by atoms with Crippen molar-refractivity contribution in [3.8, 4) is 5.75 Å². The lowest BCUT2D eigenvalue weighted by Crippen LogP contribution is -2.40. The predicted molar refractivity (Wildman–Crippen MR) is 87.6 cm³/mol. The molecule has 0 spiro atoms. The highest BCUT2D eigenvalue weighted by atomic mass is 32.2. The number of benzene rings is 1. The molecule has 0 saturated heterocycles. The number of alkyl halides is 3. The molecule has 0 bridgehead atoms. The van der Waals surface area contributed by atoms with Crippen molar-refractivity contribution in [3.05, 3.63) is 24.3 Å². The number of ether oxygens (including phenoxy) is 2. The van der Waals surface area contributed by atoms with Crippen LogP contribution in [0.15, 0.2) is 24.3 Å². The minimum atomic E-state index is -5.83. The maximum Gasteiger partial charge on any atom is 0.534 e. The quantitative estimate of drug-likeness (QED) is 0.416. The summed E-state index contributed by atoms with van der Waals surface area (Å²) in [5, 5.41) is 0. The van der Waals surface area contributed by atoms with Gasteiger partial charge in [-0.2, -0.15) is 21.6 Å². The normalized spacial score (nSPS) is 12.3. The monoisotopic (exact) mass is 413 g/mol. The van der Waals surface area contributed by atoms with E-state index in [1.807, 2.05) is 0 Å². The van der Waals surface area contributed by atoms with Gasteiger partial charge in [-0.3, -0.25) is 9.69 Å². The van der Waals surface area contributed by atoms with Crippen LogP contribution in [0.2, 0.25) is 0 Å². The third kappa shape index (κ3) is 6.62. The first-order valence-corrected chi connectivity index (χ1v) is 8.75. The van der Waals surface area contributed by atoms with Crippen LogP contribution in [0.4, 0.5) is 23.7 Å². The number of halogens is 3. The zero-order chi connectivity index (χ0) is 21.0. The van der Waals surface area contributed by atoms with E-state index in [9.17, 15) is 31.2 Å². The Morgan fingerprint density at radius 3 is 2.00 bits per heavy atom. The summed E-state index contributed by atoms with van der Waals surface area (Å²) in [6.45, 7) is 4.26. The fraction of sp³-hybridized carbons (Fsp3) is 0.467. The lowest BCUT2D eigenvalue weighted by molar-refractivity contribution is -0.139. The zero-order valence-electron chi connectivity index (χ0n) is 14.9. The van der Waals surface area contributed by atoms with E-state index in [-0.39, 0.29) is 5.69 Å². The fourth-order valence-corrected chi connectivity index (χ4v) is 2.09. The van der Waals surface area contributed by atoms with Crippen molar-refractivity contribution >= 4 is 27.9 Å². The third-order valence-electron chi connectivity index (χ3n) is 2.77. The van der Waals surface area contributed by atoms with Crippen molar-refractivity contribution in [2.45, 2.75) is 31.9 Å². The van der Waals surface area contributed by atoms with Crippen molar-refractivity contribution in [1.82, 2.24) is 0 Å². The molecule has 0 fully saturated rings. The average molecular weight is 413 g/mol. The van der Waals surface area contributed by atoms with Crippen LogP contribution in [0.1, 0.15) is 20.8 Å². The van der Waals surface area contributed by atoms with E-state index in [4.69, 9.17) is 4.74 Å². The van der Waals surface area contributed by atoms with Gasteiger partial charge < -0.3 is 13.7 Å². The Hall–Kier alpha value is -2.50. The number of esters is 1. The van der Waals surface area contributed by atoms with Gasteiger partial charge in [0.05, 0.1) is 7.11 Å². The van der Waals surface area contributed by atoms with Gasteiger partial charge in [-0.25, -0.2) is 4.79 Å². The number of rotatable bonds is 5. The Labute approximate surface area is 153 Å². The minimum absolute atomic E-state index is 0.0476. The molecule has 0 unspecified atom stereocenters. The highest BCUT2D eigenvalue weighted by molar-refractivity contribution is 7.88. The summed E-state index contributed by atoms with van der Waals surface area (Å²) in [6, 6.07) is 3.97. The molecule has 0 heterocycles. The molecule has 1 aromatic carbocycles. The number of carbonyl (C=O) groups excluding carboxylic acids is 2. The topological polar surface area (TPSA) is 99.2 Å². The molecule has 8 nitrogen and oxygen atoms in total. The van der Waals surface area contributed by atoms with Crippen molar-refractivity contribution in [2.24, 2.45) is 0 Å². The van der Waals surface area contributed by atoms with Gasteiger partial charge in [0, 0.05) is 5.69 Å². The Balaban J connectivity index is 3.10. The first kappa shape index (κ1) is 22.5. The lowest BCUT2D eigenvalue weighted by atomic mass is 10.2. The van der Waals surface area contributed by atoms with Gasteiger partial charge in [0.15, 0.2) is 0 Å². The SMILES string of the molecule is COC(=O)CN(C(=O)OC(C)(C)C)c1ccc(OS(=O)(=O)C(F)(F)F)cc1. The summed E-state index contributed by atoms with van der Waals surface area (Å²) in [6.07, 6.45) is -0.913. The second-order valence-electron chi connectivity index (χ2n) is 6.12. The van der Waals surface area contributed by atoms with E-state index in [1.54, 1.807) is 20.8 Å². The van der Waals surface area contributed by atoms with Gasteiger partial charge in [0.2, 0.25) is 0 Å². The van der Waals surface area contributed by atoms with Crippen LogP contribution in [0.25, 0.3) is 0 Å². The molecule has 1 rings (SSSR count). The second-order valence-corrected chi connectivity index (χ2v) is 7.66. The largest absolute Gasteiger partial charge is 0.534 e. The van der Waals surface area contributed by atoms with E-state index in [0.717, 1.165) is 36.3 Å². The maximum atomic E-state index is 12.3. The van der Waals surface area contributed by atoms with Crippen LogP contribution in [0.5, 0.6) is 5.75 Å². The van der Waals surface area contributed by atoms with Crippen molar-refractivity contribution in [1.29, 1.82) is 0 Å². The minimum Gasteiger partial charge on any atom is -0.468 e. The molecule has 0 N–H and O–H groups in total. The number of carbonyl (C=O) groups is 2. The van der Waals surface area contributed by atoms with Gasteiger partial charge in [0.25, 0.3) is 0 Å². The number of anilines is 1. The van der Waals surface area contributed by atoms with Crippen molar-refractivity contribution < 1.29 is 44.8 Å². The molecule has 0 aliphatic heterocycles. The number of nitrogens with zero attached hydrogens (tertiary/aromatic N) is 1. The number of hydrogen-bond acceptors (Lipinski definition) is 7. The molecule has 0 aliphatic rings. The van der Waals surface area contributed by atoms with E-state index >= 15 is 0 Å². The third-order valence-corrected chi connectivity index (χ3v) is 3.75. The smallest absolute Gasteiger partial charge is 0.468 e.